The van der Waals surface area contributed by atoms with Crippen LogP contribution >= 0.6 is 0 Å². The van der Waals surface area contributed by atoms with Gasteiger partial charge in [-0.15, -0.1) is 6.58 Å². The van der Waals surface area contributed by atoms with Crippen LogP contribution in [0.15, 0.2) is 37.0 Å². The fourth-order valence-corrected chi connectivity index (χ4v) is 3.24. The van der Waals surface area contributed by atoms with E-state index in [4.69, 9.17) is 4.74 Å². The van der Waals surface area contributed by atoms with Crippen LogP contribution in [0.3, 0.4) is 0 Å². The van der Waals surface area contributed by atoms with Gasteiger partial charge in [-0.05, 0) is 31.1 Å². The van der Waals surface area contributed by atoms with Crippen LogP contribution in [0.1, 0.15) is 26.7 Å². The van der Waals surface area contributed by atoms with Crippen LogP contribution in [-0.4, -0.2) is 12.1 Å². The van der Waals surface area contributed by atoms with Gasteiger partial charge >= 0.3 is 5.97 Å². The van der Waals surface area contributed by atoms with E-state index in [1.807, 2.05) is 13.0 Å². The van der Waals surface area contributed by atoms with Crippen LogP contribution in [0.4, 0.5) is 0 Å². The van der Waals surface area contributed by atoms with E-state index in [2.05, 4.69) is 26.7 Å². The summed E-state index contributed by atoms with van der Waals surface area (Å²) in [6.45, 7) is 16.1. The lowest BCUT2D eigenvalue weighted by atomic mass is 9.61. The van der Waals surface area contributed by atoms with Gasteiger partial charge in [0.05, 0.1) is 0 Å². The number of hydrogen-bond donors (Lipinski definition) is 0. The molecule has 2 nitrogen and oxygen atoms in total. The number of esters is 1. The standard InChI is InChI=1S/C15H20O2/c1-6-15(5)8-13-11(7-12(15)9(2)3)10(4)14(16)17-13/h6,11-13H,1-2,4,7-8H2,3,5H3/t11-,12+,13+,15-/m1/s1. The number of fused-ring (bicyclic) bond motifs is 1. The molecule has 0 aromatic rings. The molecule has 1 saturated carbocycles. The van der Waals surface area contributed by atoms with Crippen LogP contribution in [0.2, 0.25) is 0 Å². The maximum absolute atomic E-state index is 11.5. The van der Waals surface area contributed by atoms with Gasteiger partial charge in [-0.3, -0.25) is 0 Å². The molecule has 0 unspecified atom stereocenters. The number of carbonyl (C=O) groups excluding carboxylic acids is 1. The van der Waals surface area contributed by atoms with Gasteiger partial charge in [0.25, 0.3) is 0 Å². The minimum absolute atomic E-state index is 0.0198. The molecule has 0 N–H and O–H groups in total. The highest BCUT2D eigenvalue weighted by Crippen LogP contribution is 2.51. The Morgan fingerprint density at radius 3 is 2.76 bits per heavy atom. The van der Waals surface area contributed by atoms with Crippen LogP contribution < -0.4 is 0 Å². The van der Waals surface area contributed by atoms with Crippen molar-refractivity contribution in [2.24, 2.45) is 17.3 Å². The Morgan fingerprint density at radius 1 is 1.59 bits per heavy atom. The summed E-state index contributed by atoms with van der Waals surface area (Å²) in [6, 6.07) is 0. The molecule has 1 aliphatic carbocycles. The molecule has 0 spiro atoms. The topological polar surface area (TPSA) is 26.3 Å². The zero-order valence-corrected chi connectivity index (χ0v) is 10.7. The molecule has 1 saturated heterocycles. The third kappa shape index (κ3) is 1.76. The highest BCUT2D eigenvalue weighted by molar-refractivity contribution is 5.90. The molecule has 2 heteroatoms. The summed E-state index contributed by atoms with van der Waals surface area (Å²) in [5.41, 5.74) is 1.75. The number of rotatable bonds is 2. The molecule has 1 heterocycles. The molecular formula is C15H20O2. The van der Waals surface area contributed by atoms with Crippen molar-refractivity contribution < 1.29 is 9.53 Å². The second-order valence-corrected chi connectivity index (χ2v) is 5.62. The van der Waals surface area contributed by atoms with E-state index >= 15 is 0 Å². The second kappa shape index (κ2) is 3.86. The van der Waals surface area contributed by atoms with Gasteiger partial charge in [-0.1, -0.05) is 31.7 Å². The Labute approximate surface area is 103 Å². The first kappa shape index (κ1) is 12.2. The Balaban J connectivity index is 2.32. The van der Waals surface area contributed by atoms with Crippen molar-refractivity contribution in [1.29, 1.82) is 0 Å². The first-order chi connectivity index (χ1) is 7.89. The summed E-state index contributed by atoms with van der Waals surface area (Å²) in [5, 5.41) is 0. The van der Waals surface area contributed by atoms with E-state index in [1.165, 1.54) is 0 Å². The minimum Gasteiger partial charge on any atom is -0.458 e. The van der Waals surface area contributed by atoms with Crippen molar-refractivity contribution in [3.63, 3.8) is 0 Å². The number of allylic oxidation sites excluding steroid dienone is 2. The summed E-state index contributed by atoms with van der Waals surface area (Å²) in [5.74, 6) is 0.290. The number of carbonyl (C=O) groups is 1. The van der Waals surface area contributed by atoms with E-state index in [0.717, 1.165) is 18.4 Å². The summed E-state index contributed by atoms with van der Waals surface area (Å²) >= 11 is 0. The molecule has 1 aliphatic heterocycles. The van der Waals surface area contributed by atoms with E-state index in [-0.39, 0.29) is 23.4 Å². The van der Waals surface area contributed by atoms with Crippen LogP contribution in [0.25, 0.3) is 0 Å². The highest BCUT2D eigenvalue weighted by atomic mass is 16.6. The Hall–Kier alpha value is -1.31. The van der Waals surface area contributed by atoms with E-state index < -0.39 is 0 Å². The minimum atomic E-state index is -0.228. The zero-order valence-electron chi connectivity index (χ0n) is 10.7. The smallest absolute Gasteiger partial charge is 0.334 e. The quantitative estimate of drug-likeness (QED) is 0.415. The molecule has 2 rings (SSSR count). The van der Waals surface area contributed by atoms with Crippen molar-refractivity contribution in [2.45, 2.75) is 32.8 Å². The van der Waals surface area contributed by atoms with Gasteiger partial charge in [0, 0.05) is 11.5 Å². The fraction of sp³-hybridized carbons (Fsp3) is 0.533. The van der Waals surface area contributed by atoms with Crippen molar-refractivity contribution >= 4 is 5.97 Å². The maximum atomic E-state index is 11.5. The van der Waals surface area contributed by atoms with Crippen molar-refractivity contribution in [3.05, 3.63) is 37.0 Å². The predicted molar refractivity (Wildman–Crippen MR) is 68.4 cm³/mol. The molecular weight excluding hydrogens is 212 g/mol. The number of ether oxygens (including phenoxy) is 1. The Bertz CT molecular complexity index is 407. The molecule has 92 valence electrons. The molecule has 0 aromatic carbocycles. The lowest BCUT2D eigenvalue weighted by Gasteiger charge is -2.44. The average Bonchev–Trinajstić information content (AvgIpc) is 2.53. The SMILES string of the molecule is C=C[C@]1(C)C[C@@H]2OC(=O)C(=C)[C@H]2C[C@H]1C(=C)C. The van der Waals surface area contributed by atoms with Gasteiger partial charge in [0.2, 0.25) is 0 Å². The number of hydrogen-bond acceptors (Lipinski definition) is 2. The van der Waals surface area contributed by atoms with Gasteiger partial charge in [-0.2, -0.15) is 0 Å². The lowest BCUT2D eigenvalue weighted by Crippen LogP contribution is -2.40. The monoisotopic (exact) mass is 232 g/mol. The van der Waals surface area contributed by atoms with E-state index in [9.17, 15) is 4.79 Å². The molecule has 0 amide bonds. The summed E-state index contributed by atoms with van der Waals surface area (Å²) < 4.78 is 5.39. The van der Waals surface area contributed by atoms with Crippen LogP contribution in [-0.2, 0) is 9.53 Å². The average molecular weight is 232 g/mol. The second-order valence-electron chi connectivity index (χ2n) is 5.62. The first-order valence-electron chi connectivity index (χ1n) is 6.08. The van der Waals surface area contributed by atoms with Crippen molar-refractivity contribution in [3.8, 4) is 0 Å². The lowest BCUT2D eigenvalue weighted by molar-refractivity contribution is -0.141. The molecule has 4 atom stereocenters. The summed E-state index contributed by atoms with van der Waals surface area (Å²) in [7, 11) is 0. The Kier molecular flexibility index (Phi) is 2.76. The van der Waals surface area contributed by atoms with E-state index in [0.29, 0.717) is 11.5 Å². The predicted octanol–water partition coefficient (Wildman–Crippen LogP) is 3.26. The maximum Gasteiger partial charge on any atom is 0.334 e. The normalized spacial score (nSPS) is 40.7. The third-order valence-corrected chi connectivity index (χ3v) is 4.40. The largest absolute Gasteiger partial charge is 0.458 e. The van der Waals surface area contributed by atoms with Gasteiger partial charge < -0.3 is 4.74 Å². The van der Waals surface area contributed by atoms with Gasteiger partial charge in [0.15, 0.2) is 0 Å². The molecule has 0 radical (unpaired) electrons. The Morgan fingerprint density at radius 2 is 2.24 bits per heavy atom. The summed E-state index contributed by atoms with van der Waals surface area (Å²) in [6.07, 6.45) is 3.68. The highest BCUT2D eigenvalue weighted by Gasteiger charge is 2.50. The third-order valence-electron chi connectivity index (χ3n) is 4.40. The van der Waals surface area contributed by atoms with Crippen LogP contribution in [0, 0.1) is 17.3 Å². The van der Waals surface area contributed by atoms with Gasteiger partial charge in [0.1, 0.15) is 6.10 Å². The molecule has 2 aliphatic rings. The van der Waals surface area contributed by atoms with Crippen LogP contribution in [0.5, 0.6) is 0 Å². The molecule has 17 heavy (non-hydrogen) atoms. The summed E-state index contributed by atoms with van der Waals surface area (Å²) in [4.78, 5) is 11.5. The van der Waals surface area contributed by atoms with Crippen molar-refractivity contribution in [2.75, 3.05) is 0 Å². The van der Waals surface area contributed by atoms with E-state index in [1.54, 1.807) is 0 Å². The zero-order chi connectivity index (χ0) is 12.8. The molecule has 0 bridgehead atoms. The first-order valence-corrected chi connectivity index (χ1v) is 6.08. The fourth-order valence-electron chi connectivity index (χ4n) is 3.24. The van der Waals surface area contributed by atoms with Crippen molar-refractivity contribution in [1.82, 2.24) is 0 Å². The molecule has 2 fully saturated rings. The van der Waals surface area contributed by atoms with Gasteiger partial charge in [-0.25, -0.2) is 4.79 Å². The molecule has 0 aromatic heterocycles.